The van der Waals surface area contributed by atoms with Crippen molar-refractivity contribution in [1.29, 1.82) is 5.26 Å². The molecule has 2 rings (SSSR count). The SMILES string of the molecule is COc1ccc(CNc2ccccc2C(=O)O)cc1C#N. The summed E-state index contributed by atoms with van der Waals surface area (Å²) in [6.07, 6.45) is 0. The molecular weight excluding hydrogens is 268 g/mol. The zero-order valence-corrected chi connectivity index (χ0v) is 11.5. The topological polar surface area (TPSA) is 82.3 Å². The normalized spacial score (nSPS) is 9.71. The van der Waals surface area contributed by atoms with E-state index in [-0.39, 0.29) is 5.56 Å². The molecular formula is C16H14N2O3. The first-order valence-electron chi connectivity index (χ1n) is 6.29. The van der Waals surface area contributed by atoms with Gasteiger partial charge in [0, 0.05) is 12.2 Å². The maximum atomic E-state index is 11.1. The van der Waals surface area contributed by atoms with Crippen molar-refractivity contribution in [3.63, 3.8) is 0 Å². The van der Waals surface area contributed by atoms with Crippen LogP contribution in [-0.2, 0) is 6.54 Å². The van der Waals surface area contributed by atoms with Gasteiger partial charge in [0.15, 0.2) is 0 Å². The minimum Gasteiger partial charge on any atom is -0.495 e. The van der Waals surface area contributed by atoms with Gasteiger partial charge in [0.2, 0.25) is 0 Å². The molecule has 0 fully saturated rings. The van der Waals surface area contributed by atoms with E-state index in [1.165, 1.54) is 7.11 Å². The van der Waals surface area contributed by atoms with Crippen LogP contribution in [0.25, 0.3) is 0 Å². The maximum absolute atomic E-state index is 11.1. The molecule has 2 N–H and O–H groups in total. The largest absolute Gasteiger partial charge is 0.495 e. The number of hydrogen-bond acceptors (Lipinski definition) is 4. The molecule has 0 unspecified atom stereocenters. The van der Waals surface area contributed by atoms with E-state index in [0.29, 0.717) is 23.5 Å². The van der Waals surface area contributed by atoms with Gasteiger partial charge < -0.3 is 15.2 Å². The van der Waals surface area contributed by atoms with Crippen LogP contribution in [0.5, 0.6) is 5.75 Å². The molecule has 0 amide bonds. The van der Waals surface area contributed by atoms with Crippen molar-refractivity contribution in [3.05, 3.63) is 59.2 Å². The van der Waals surface area contributed by atoms with E-state index in [0.717, 1.165) is 5.56 Å². The van der Waals surface area contributed by atoms with Crippen molar-refractivity contribution < 1.29 is 14.6 Å². The van der Waals surface area contributed by atoms with Crippen LogP contribution < -0.4 is 10.1 Å². The predicted molar refractivity (Wildman–Crippen MR) is 78.4 cm³/mol. The second kappa shape index (κ2) is 6.44. The summed E-state index contributed by atoms with van der Waals surface area (Å²) in [4.78, 5) is 11.1. The van der Waals surface area contributed by atoms with Crippen LogP contribution in [0.4, 0.5) is 5.69 Å². The van der Waals surface area contributed by atoms with Crippen molar-refractivity contribution >= 4 is 11.7 Å². The summed E-state index contributed by atoms with van der Waals surface area (Å²) in [5.41, 5.74) is 2.07. The number of aromatic carboxylic acids is 1. The summed E-state index contributed by atoms with van der Waals surface area (Å²) in [7, 11) is 1.51. The fraction of sp³-hybridized carbons (Fsp3) is 0.125. The lowest BCUT2D eigenvalue weighted by Gasteiger charge is -2.10. The Morgan fingerprint density at radius 1 is 1.33 bits per heavy atom. The zero-order chi connectivity index (χ0) is 15.2. The lowest BCUT2D eigenvalue weighted by atomic mass is 10.1. The number of para-hydroxylation sites is 1. The number of ether oxygens (including phenoxy) is 1. The number of nitrogens with zero attached hydrogens (tertiary/aromatic N) is 1. The van der Waals surface area contributed by atoms with Crippen LogP contribution in [0.2, 0.25) is 0 Å². The summed E-state index contributed by atoms with van der Waals surface area (Å²) in [5, 5.41) is 21.2. The number of benzene rings is 2. The molecule has 5 heteroatoms. The highest BCUT2D eigenvalue weighted by Crippen LogP contribution is 2.20. The molecule has 0 heterocycles. The summed E-state index contributed by atoms with van der Waals surface area (Å²) in [5.74, 6) is -0.460. The monoisotopic (exact) mass is 282 g/mol. The Bertz CT molecular complexity index is 705. The Morgan fingerprint density at radius 3 is 2.76 bits per heavy atom. The molecule has 0 radical (unpaired) electrons. The average molecular weight is 282 g/mol. The van der Waals surface area contributed by atoms with Gasteiger partial charge in [-0.1, -0.05) is 18.2 Å². The molecule has 0 aliphatic heterocycles. The number of nitriles is 1. The fourth-order valence-electron chi connectivity index (χ4n) is 1.97. The molecule has 2 aromatic carbocycles. The molecule has 0 bridgehead atoms. The van der Waals surface area contributed by atoms with Gasteiger partial charge in [0.1, 0.15) is 11.8 Å². The Hall–Kier alpha value is -3.00. The summed E-state index contributed by atoms with van der Waals surface area (Å²) in [6.45, 7) is 0.420. The van der Waals surface area contributed by atoms with Crippen molar-refractivity contribution in [2.75, 3.05) is 12.4 Å². The first kappa shape index (κ1) is 14.4. The predicted octanol–water partition coefficient (Wildman–Crippen LogP) is 2.88. The van der Waals surface area contributed by atoms with Gasteiger partial charge in [-0.05, 0) is 29.8 Å². The van der Waals surface area contributed by atoms with E-state index in [9.17, 15) is 4.79 Å². The van der Waals surface area contributed by atoms with E-state index in [4.69, 9.17) is 15.1 Å². The zero-order valence-electron chi connectivity index (χ0n) is 11.5. The minimum absolute atomic E-state index is 0.214. The van der Waals surface area contributed by atoms with Gasteiger partial charge in [-0.3, -0.25) is 0 Å². The third-order valence-electron chi connectivity index (χ3n) is 3.02. The lowest BCUT2D eigenvalue weighted by molar-refractivity contribution is 0.0698. The van der Waals surface area contributed by atoms with Gasteiger partial charge in [-0.2, -0.15) is 5.26 Å². The molecule has 2 aromatic rings. The number of rotatable bonds is 5. The molecule has 0 aliphatic rings. The van der Waals surface area contributed by atoms with Crippen LogP contribution in [0.15, 0.2) is 42.5 Å². The van der Waals surface area contributed by atoms with Crippen molar-refractivity contribution in [1.82, 2.24) is 0 Å². The highest BCUT2D eigenvalue weighted by atomic mass is 16.5. The molecule has 0 spiro atoms. The second-order valence-corrected chi connectivity index (χ2v) is 4.35. The Balaban J connectivity index is 2.18. The third-order valence-corrected chi connectivity index (χ3v) is 3.02. The van der Waals surface area contributed by atoms with Crippen molar-refractivity contribution in [2.45, 2.75) is 6.54 Å². The molecule has 21 heavy (non-hydrogen) atoms. The number of carboxylic acid groups (broad SMARTS) is 1. The molecule has 106 valence electrons. The van der Waals surface area contributed by atoms with Crippen molar-refractivity contribution in [2.24, 2.45) is 0 Å². The van der Waals surface area contributed by atoms with E-state index < -0.39 is 5.97 Å². The van der Waals surface area contributed by atoms with Crippen LogP contribution in [0.1, 0.15) is 21.5 Å². The highest BCUT2D eigenvalue weighted by Gasteiger charge is 2.09. The Kier molecular flexibility index (Phi) is 4.42. The van der Waals surface area contributed by atoms with E-state index in [1.54, 1.807) is 36.4 Å². The summed E-state index contributed by atoms with van der Waals surface area (Å²) < 4.78 is 5.08. The third kappa shape index (κ3) is 3.31. The summed E-state index contributed by atoms with van der Waals surface area (Å²) in [6, 6.07) is 14.0. The quantitative estimate of drug-likeness (QED) is 0.881. The standard InChI is InChI=1S/C16H14N2O3/c1-21-15-7-6-11(8-12(15)9-17)10-18-14-5-3-2-4-13(14)16(19)20/h2-8,18H,10H2,1H3,(H,19,20). The second-order valence-electron chi connectivity index (χ2n) is 4.35. The van der Waals surface area contributed by atoms with Gasteiger partial charge in [0.05, 0.1) is 18.2 Å². The maximum Gasteiger partial charge on any atom is 0.337 e. The van der Waals surface area contributed by atoms with Gasteiger partial charge in [0.25, 0.3) is 0 Å². The van der Waals surface area contributed by atoms with Crippen LogP contribution in [0.3, 0.4) is 0 Å². The Labute approximate surface area is 122 Å². The minimum atomic E-state index is -0.981. The highest BCUT2D eigenvalue weighted by molar-refractivity contribution is 5.94. The van der Waals surface area contributed by atoms with Crippen LogP contribution in [-0.4, -0.2) is 18.2 Å². The van der Waals surface area contributed by atoms with E-state index >= 15 is 0 Å². The van der Waals surface area contributed by atoms with Gasteiger partial charge >= 0.3 is 5.97 Å². The average Bonchev–Trinajstić information content (AvgIpc) is 2.52. The molecule has 0 aromatic heterocycles. The van der Waals surface area contributed by atoms with Crippen LogP contribution >= 0.6 is 0 Å². The number of carbonyl (C=O) groups is 1. The van der Waals surface area contributed by atoms with Gasteiger partial charge in [-0.15, -0.1) is 0 Å². The van der Waals surface area contributed by atoms with Crippen LogP contribution in [0, 0.1) is 11.3 Å². The molecule has 0 saturated carbocycles. The van der Waals surface area contributed by atoms with E-state index in [2.05, 4.69) is 11.4 Å². The molecule has 0 aliphatic carbocycles. The first-order chi connectivity index (χ1) is 10.2. The molecule has 5 nitrogen and oxygen atoms in total. The van der Waals surface area contributed by atoms with Gasteiger partial charge in [-0.25, -0.2) is 4.79 Å². The number of methoxy groups -OCH3 is 1. The Morgan fingerprint density at radius 2 is 2.10 bits per heavy atom. The number of nitrogens with one attached hydrogen (secondary N) is 1. The first-order valence-corrected chi connectivity index (χ1v) is 6.29. The van der Waals surface area contributed by atoms with E-state index in [1.807, 2.05) is 6.07 Å². The smallest absolute Gasteiger partial charge is 0.337 e. The number of hydrogen-bond donors (Lipinski definition) is 2. The van der Waals surface area contributed by atoms with Crippen molar-refractivity contribution in [3.8, 4) is 11.8 Å². The summed E-state index contributed by atoms with van der Waals surface area (Å²) >= 11 is 0. The fourth-order valence-corrected chi connectivity index (χ4v) is 1.97. The number of anilines is 1. The number of carboxylic acids is 1. The lowest BCUT2D eigenvalue weighted by Crippen LogP contribution is -2.06. The molecule has 0 atom stereocenters. The molecule has 0 saturated heterocycles.